The Morgan fingerprint density at radius 1 is 1.50 bits per heavy atom. The molecule has 1 atom stereocenters. The number of imidazole rings is 1. The van der Waals surface area contributed by atoms with Gasteiger partial charge in [-0.05, 0) is 11.6 Å². The van der Waals surface area contributed by atoms with E-state index >= 15 is 0 Å². The molecule has 84 valence electrons. The Bertz CT molecular complexity index is 473. The molecule has 0 saturated carbocycles. The molecule has 0 saturated heterocycles. The highest BCUT2D eigenvalue weighted by molar-refractivity contribution is 6.31. The molecule has 0 radical (unpaired) electrons. The zero-order chi connectivity index (χ0) is 11.5. The van der Waals surface area contributed by atoms with Gasteiger partial charge in [0.15, 0.2) is 0 Å². The Morgan fingerprint density at radius 3 is 3.00 bits per heavy atom. The number of aliphatic hydroxyl groups is 1. The molecule has 0 aliphatic rings. The van der Waals surface area contributed by atoms with E-state index in [4.69, 9.17) is 11.6 Å². The van der Waals surface area contributed by atoms with Gasteiger partial charge in [-0.2, -0.15) is 0 Å². The van der Waals surface area contributed by atoms with Crippen LogP contribution in [0.5, 0.6) is 0 Å². The fraction of sp³-hybridized carbons (Fsp3) is 0.182. The van der Waals surface area contributed by atoms with Crippen LogP contribution >= 0.6 is 11.6 Å². The van der Waals surface area contributed by atoms with Gasteiger partial charge in [-0.25, -0.2) is 9.37 Å². The summed E-state index contributed by atoms with van der Waals surface area (Å²) in [5, 5.41) is 9.85. The summed E-state index contributed by atoms with van der Waals surface area (Å²) in [6.07, 6.45) is 2.58. The van der Waals surface area contributed by atoms with Gasteiger partial charge in [0.2, 0.25) is 0 Å². The van der Waals surface area contributed by atoms with Gasteiger partial charge in [0.25, 0.3) is 0 Å². The molecule has 0 fully saturated rings. The van der Waals surface area contributed by atoms with E-state index in [0.717, 1.165) is 0 Å². The zero-order valence-corrected chi connectivity index (χ0v) is 9.08. The first-order chi connectivity index (χ1) is 7.68. The number of aliphatic hydroxyl groups excluding tert-OH is 1. The fourth-order valence-corrected chi connectivity index (χ4v) is 1.67. The quantitative estimate of drug-likeness (QED) is 0.866. The SMILES string of the molecule is OC(Cc1cccc(F)c1Cl)c1ncc[nH]1. The topological polar surface area (TPSA) is 48.9 Å². The molecule has 2 aromatic rings. The Morgan fingerprint density at radius 2 is 2.31 bits per heavy atom. The molecule has 2 N–H and O–H groups in total. The predicted molar refractivity (Wildman–Crippen MR) is 58.7 cm³/mol. The number of benzene rings is 1. The normalized spacial score (nSPS) is 12.7. The minimum atomic E-state index is -0.811. The molecule has 1 aromatic carbocycles. The first-order valence-corrected chi connectivity index (χ1v) is 5.16. The van der Waals surface area contributed by atoms with Crippen LogP contribution in [-0.2, 0) is 6.42 Å². The number of hydrogen-bond acceptors (Lipinski definition) is 2. The van der Waals surface area contributed by atoms with E-state index in [-0.39, 0.29) is 11.4 Å². The van der Waals surface area contributed by atoms with Gasteiger partial charge in [-0.15, -0.1) is 0 Å². The number of nitrogens with zero attached hydrogens (tertiary/aromatic N) is 1. The van der Waals surface area contributed by atoms with E-state index in [0.29, 0.717) is 11.4 Å². The highest BCUT2D eigenvalue weighted by Gasteiger charge is 2.14. The van der Waals surface area contributed by atoms with E-state index in [1.165, 1.54) is 6.07 Å². The summed E-state index contributed by atoms with van der Waals surface area (Å²) in [6, 6.07) is 4.52. The van der Waals surface area contributed by atoms with Crippen molar-refractivity contribution in [1.82, 2.24) is 9.97 Å². The standard InChI is InChI=1S/C11H10ClFN2O/c12-10-7(2-1-3-8(10)13)6-9(16)11-14-4-5-15-11/h1-5,9,16H,6H2,(H,14,15). The molecule has 5 heteroatoms. The van der Waals surface area contributed by atoms with Crippen LogP contribution in [0.3, 0.4) is 0 Å². The Labute approximate surface area is 96.9 Å². The second-order valence-corrected chi connectivity index (χ2v) is 3.79. The molecule has 0 aliphatic carbocycles. The number of hydrogen-bond donors (Lipinski definition) is 2. The number of aromatic nitrogens is 2. The maximum Gasteiger partial charge on any atom is 0.142 e. The smallest absolute Gasteiger partial charge is 0.142 e. The lowest BCUT2D eigenvalue weighted by Crippen LogP contribution is -2.04. The fourth-order valence-electron chi connectivity index (χ4n) is 1.47. The molecule has 0 aliphatic heterocycles. The first-order valence-electron chi connectivity index (χ1n) is 4.78. The summed E-state index contributed by atoms with van der Waals surface area (Å²) in [6.45, 7) is 0. The van der Waals surface area contributed by atoms with Crippen molar-refractivity contribution in [2.75, 3.05) is 0 Å². The molecular weight excluding hydrogens is 231 g/mol. The number of aromatic amines is 1. The Hall–Kier alpha value is -1.39. The molecular formula is C11H10ClFN2O. The van der Waals surface area contributed by atoms with E-state index in [2.05, 4.69) is 9.97 Å². The third-order valence-electron chi connectivity index (χ3n) is 2.28. The lowest BCUT2D eigenvalue weighted by atomic mass is 10.1. The third-order valence-corrected chi connectivity index (χ3v) is 2.70. The highest BCUT2D eigenvalue weighted by Crippen LogP contribution is 2.24. The minimum Gasteiger partial charge on any atom is -0.385 e. The van der Waals surface area contributed by atoms with E-state index in [1.807, 2.05) is 0 Å². The largest absolute Gasteiger partial charge is 0.385 e. The number of nitrogens with one attached hydrogen (secondary N) is 1. The molecule has 0 bridgehead atoms. The summed E-state index contributed by atoms with van der Waals surface area (Å²) >= 11 is 5.78. The molecule has 0 amide bonds. The van der Waals surface area contributed by atoms with Crippen LogP contribution in [0, 0.1) is 5.82 Å². The number of H-pyrrole nitrogens is 1. The Kier molecular flexibility index (Phi) is 3.22. The van der Waals surface area contributed by atoms with Crippen LogP contribution in [0.2, 0.25) is 5.02 Å². The van der Waals surface area contributed by atoms with E-state index < -0.39 is 11.9 Å². The number of rotatable bonds is 3. The second kappa shape index (κ2) is 4.63. The summed E-state index contributed by atoms with van der Waals surface area (Å²) in [7, 11) is 0. The molecule has 2 rings (SSSR count). The first kappa shape index (κ1) is 11.1. The second-order valence-electron chi connectivity index (χ2n) is 3.41. The van der Waals surface area contributed by atoms with Crippen molar-refractivity contribution in [1.29, 1.82) is 0 Å². The molecule has 0 spiro atoms. The van der Waals surface area contributed by atoms with Crippen molar-refractivity contribution in [3.05, 3.63) is 52.8 Å². The van der Waals surface area contributed by atoms with Gasteiger partial charge >= 0.3 is 0 Å². The minimum absolute atomic E-state index is 0.0492. The highest BCUT2D eigenvalue weighted by atomic mass is 35.5. The number of halogens is 2. The summed E-state index contributed by atoms with van der Waals surface area (Å²) in [5.74, 6) is -0.0360. The summed E-state index contributed by atoms with van der Waals surface area (Å²) in [4.78, 5) is 6.72. The lowest BCUT2D eigenvalue weighted by molar-refractivity contribution is 0.169. The van der Waals surface area contributed by atoms with Crippen LogP contribution in [0.15, 0.2) is 30.6 Å². The summed E-state index contributed by atoms with van der Waals surface area (Å²) in [5.41, 5.74) is 0.561. The van der Waals surface area contributed by atoms with Crippen molar-refractivity contribution in [2.45, 2.75) is 12.5 Å². The average molecular weight is 241 g/mol. The van der Waals surface area contributed by atoms with Crippen LogP contribution in [0.1, 0.15) is 17.5 Å². The van der Waals surface area contributed by atoms with Crippen LogP contribution in [0.25, 0.3) is 0 Å². The molecule has 16 heavy (non-hydrogen) atoms. The maximum atomic E-state index is 13.1. The van der Waals surface area contributed by atoms with E-state index in [9.17, 15) is 9.50 Å². The van der Waals surface area contributed by atoms with Crippen molar-refractivity contribution >= 4 is 11.6 Å². The van der Waals surface area contributed by atoms with Gasteiger partial charge in [0, 0.05) is 18.8 Å². The third kappa shape index (κ3) is 2.23. The Balaban J connectivity index is 2.18. The summed E-state index contributed by atoms with van der Waals surface area (Å²) < 4.78 is 13.1. The zero-order valence-electron chi connectivity index (χ0n) is 8.32. The van der Waals surface area contributed by atoms with Crippen molar-refractivity contribution in [3.63, 3.8) is 0 Å². The molecule has 3 nitrogen and oxygen atoms in total. The lowest BCUT2D eigenvalue weighted by Gasteiger charge is -2.09. The van der Waals surface area contributed by atoms with Gasteiger partial charge in [0.1, 0.15) is 17.7 Å². The predicted octanol–water partition coefficient (Wildman–Crippen LogP) is 2.48. The van der Waals surface area contributed by atoms with Crippen LogP contribution in [-0.4, -0.2) is 15.1 Å². The maximum absolute atomic E-state index is 13.1. The van der Waals surface area contributed by atoms with E-state index in [1.54, 1.807) is 24.5 Å². The monoisotopic (exact) mass is 240 g/mol. The van der Waals surface area contributed by atoms with Gasteiger partial charge in [0.05, 0.1) is 5.02 Å². The van der Waals surface area contributed by atoms with Crippen LogP contribution < -0.4 is 0 Å². The molecule has 1 unspecified atom stereocenters. The van der Waals surface area contributed by atoms with Gasteiger partial charge in [-0.3, -0.25) is 0 Å². The van der Waals surface area contributed by atoms with Gasteiger partial charge < -0.3 is 10.1 Å². The van der Waals surface area contributed by atoms with Crippen molar-refractivity contribution in [3.8, 4) is 0 Å². The van der Waals surface area contributed by atoms with Gasteiger partial charge in [-0.1, -0.05) is 23.7 Å². The van der Waals surface area contributed by atoms with Crippen molar-refractivity contribution < 1.29 is 9.50 Å². The molecule has 1 heterocycles. The van der Waals surface area contributed by atoms with Crippen molar-refractivity contribution in [2.24, 2.45) is 0 Å². The average Bonchev–Trinajstić information content (AvgIpc) is 2.78. The van der Waals surface area contributed by atoms with Crippen LogP contribution in [0.4, 0.5) is 4.39 Å². The molecule has 1 aromatic heterocycles.